The maximum Gasteiger partial charge on any atom is 0.219 e. The zero-order valence-electron chi connectivity index (χ0n) is 13.0. The smallest absolute Gasteiger partial charge is 0.219 e. The Kier molecular flexibility index (Phi) is 4.18. The molecular formula is C16H21N5O. The fourth-order valence-corrected chi connectivity index (χ4v) is 3.06. The molecule has 2 aromatic rings. The lowest BCUT2D eigenvalue weighted by molar-refractivity contribution is -0.130. The molecule has 0 radical (unpaired) electrons. The molecule has 6 nitrogen and oxygen atoms in total. The van der Waals surface area contributed by atoms with Gasteiger partial charge in [-0.3, -0.25) is 14.9 Å². The standard InChI is InChI=1S/C16H21N5O/c1-11-15(8-18-20-11)16-9-17-7-14(19-16)6-13-4-3-5-21(10-13)12(2)22/h7-9,13H,3-6,10H2,1-2H3,(H,18,20)/t13-/m1/s1. The predicted octanol–water partition coefficient (Wildman–Crippen LogP) is 1.98. The Balaban J connectivity index is 1.73. The van der Waals surface area contributed by atoms with Crippen molar-refractivity contribution in [2.45, 2.75) is 33.1 Å². The largest absolute Gasteiger partial charge is 0.343 e. The lowest BCUT2D eigenvalue weighted by Crippen LogP contribution is -2.39. The van der Waals surface area contributed by atoms with Gasteiger partial charge in [-0.2, -0.15) is 5.10 Å². The Bertz CT molecular complexity index is 666. The molecule has 0 aromatic carbocycles. The zero-order valence-corrected chi connectivity index (χ0v) is 13.0. The van der Waals surface area contributed by atoms with Gasteiger partial charge in [-0.1, -0.05) is 0 Å². The van der Waals surface area contributed by atoms with E-state index in [1.807, 2.05) is 18.0 Å². The molecule has 1 saturated heterocycles. The summed E-state index contributed by atoms with van der Waals surface area (Å²) in [6.45, 7) is 5.32. The van der Waals surface area contributed by atoms with Crippen LogP contribution in [-0.2, 0) is 11.2 Å². The van der Waals surface area contributed by atoms with Crippen LogP contribution >= 0.6 is 0 Å². The summed E-state index contributed by atoms with van der Waals surface area (Å²) in [5.41, 5.74) is 3.81. The van der Waals surface area contributed by atoms with Crippen molar-refractivity contribution >= 4 is 5.91 Å². The summed E-state index contributed by atoms with van der Waals surface area (Å²) in [5.74, 6) is 0.631. The van der Waals surface area contributed by atoms with Crippen LogP contribution in [-0.4, -0.2) is 44.1 Å². The van der Waals surface area contributed by atoms with Crippen LogP contribution in [0.15, 0.2) is 18.6 Å². The van der Waals surface area contributed by atoms with Crippen molar-refractivity contribution in [1.29, 1.82) is 0 Å². The molecule has 0 unspecified atom stereocenters. The Morgan fingerprint density at radius 3 is 3.00 bits per heavy atom. The molecule has 2 aromatic heterocycles. The minimum Gasteiger partial charge on any atom is -0.343 e. The second-order valence-corrected chi connectivity index (χ2v) is 5.98. The van der Waals surface area contributed by atoms with E-state index in [9.17, 15) is 4.79 Å². The summed E-state index contributed by atoms with van der Waals surface area (Å²) in [4.78, 5) is 22.5. The molecule has 0 bridgehead atoms. The average Bonchev–Trinajstić information content (AvgIpc) is 2.94. The SMILES string of the molecule is CC(=O)N1CCC[C@H](Cc2cncc(-c3cn[nH]c3C)n2)C1. The molecule has 1 atom stereocenters. The molecule has 1 fully saturated rings. The second kappa shape index (κ2) is 6.25. The molecule has 6 heteroatoms. The molecule has 0 spiro atoms. The second-order valence-electron chi connectivity index (χ2n) is 5.98. The van der Waals surface area contributed by atoms with Gasteiger partial charge in [0.1, 0.15) is 0 Å². The number of aromatic amines is 1. The summed E-state index contributed by atoms with van der Waals surface area (Å²) in [7, 11) is 0. The topological polar surface area (TPSA) is 74.8 Å². The van der Waals surface area contributed by atoms with Crippen LogP contribution in [0.3, 0.4) is 0 Å². The summed E-state index contributed by atoms with van der Waals surface area (Å²) in [6.07, 6.45) is 8.44. The van der Waals surface area contributed by atoms with Crippen LogP contribution in [0.25, 0.3) is 11.3 Å². The molecule has 3 rings (SSSR count). The van der Waals surface area contributed by atoms with E-state index in [0.717, 1.165) is 55.0 Å². The van der Waals surface area contributed by atoms with Gasteiger partial charge in [-0.15, -0.1) is 0 Å². The first-order chi connectivity index (χ1) is 10.6. The number of nitrogens with zero attached hydrogens (tertiary/aromatic N) is 4. The van der Waals surface area contributed by atoms with Crippen molar-refractivity contribution < 1.29 is 4.79 Å². The Morgan fingerprint density at radius 2 is 2.27 bits per heavy atom. The first kappa shape index (κ1) is 14.7. The third kappa shape index (κ3) is 3.16. The maximum atomic E-state index is 11.5. The molecule has 1 aliphatic rings. The number of rotatable bonds is 3. The highest BCUT2D eigenvalue weighted by Gasteiger charge is 2.22. The van der Waals surface area contributed by atoms with Gasteiger partial charge in [0, 0.05) is 37.5 Å². The van der Waals surface area contributed by atoms with Gasteiger partial charge < -0.3 is 4.90 Å². The number of nitrogens with one attached hydrogen (secondary N) is 1. The molecule has 22 heavy (non-hydrogen) atoms. The minimum atomic E-state index is 0.165. The number of carbonyl (C=O) groups excluding carboxylic acids is 1. The number of aryl methyl sites for hydroxylation is 1. The van der Waals surface area contributed by atoms with E-state index >= 15 is 0 Å². The van der Waals surface area contributed by atoms with Crippen LogP contribution in [0, 0.1) is 12.8 Å². The van der Waals surface area contributed by atoms with Gasteiger partial charge >= 0.3 is 0 Å². The number of hydrogen-bond donors (Lipinski definition) is 1. The number of amides is 1. The quantitative estimate of drug-likeness (QED) is 0.940. The van der Waals surface area contributed by atoms with Gasteiger partial charge in [0.2, 0.25) is 5.91 Å². The van der Waals surface area contributed by atoms with E-state index < -0.39 is 0 Å². The average molecular weight is 299 g/mol. The number of aromatic nitrogens is 4. The highest BCUT2D eigenvalue weighted by atomic mass is 16.2. The minimum absolute atomic E-state index is 0.165. The summed E-state index contributed by atoms with van der Waals surface area (Å²) in [5, 5.41) is 6.96. The van der Waals surface area contributed by atoms with Crippen molar-refractivity contribution in [1.82, 2.24) is 25.1 Å². The molecule has 1 amide bonds. The highest BCUT2D eigenvalue weighted by molar-refractivity contribution is 5.73. The molecule has 0 saturated carbocycles. The Morgan fingerprint density at radius 1 is 1.41 bits per heavy atom. The number of likely N-dealkylation sites (tertiary alicyclic amines) is 1. The number of hydrogen-bond acceptors (Lipinski definition) is 4. The first-order valence-corrected chi connectivity index (χ1v) is 7.70. The summed E-state index contributed by atoms with van der Waals surface area (Å²) in [6, 6.07) is 0. The Labute approximate surface area is 130 Å². The normalized spacial score (nSPS) is 18.5. The van der Waals surface area contributed by atoms with Crippen molar-refractivity contribution in [3.63, 3.8) is 0 Å². The maximum absolute atomic E-state index is 11.5. The molecule has 1 N–H and O–H groups in total. The van der Waals surface area contributed by atoms with Crippen LogP contribution in [0.1, 0.15) is 31.2 Å². The van der Waals surface area contributed by atoms with E-state index in [2.05, 4.69) is 15.2 Å². The van der Waals surface area contributed by atoms with E-state index in [4.69, 9.17) is 4.98 Å². The lowest BCUT2D eigenvalue weighted by atomic mass is 9.93. The Hall–Kier alpha value is -2.24. The molecule has 1 aliphatic heterocycles. The van der Waals surface area contributed by atoms with Crippen LogP contribution < -0.4 is 0 Å². The molecular weight excluding hydrogens is 278 g/mol. The van der Waals surface area contributed by atoms with E-state index in [1.165, 1.54) is 0 Å². The summed E-state index contributed by atoms with van der Waals surface area (Å²) >= 11 is 0. The summed E-state index contributed by atoms with van der Waals surface area (Å²) < 4.78 is 0. The molecule has 0 aliphatic carbocycles. The third-order valence-electron chi connectivity index (χ3n) is 4.25. The first-order valence-electron chi connectivity index (χ1n) is 7.70. The highest BCUT2D eigenvalue weighted by Crippen LogP contribution is 2.22. The number of H-pyrrole nitrogens is 1. The van der Waals surface area contributed by atoms with E-state index in [0.29, 0.717) is 5.92 Å². The third-order valence-corrected chi connectivity index (χ3v) is 4.25. The predicted molar refractivity (Wildman–Crippen MR) is 83.0 cm³/mol. The zero-order chi connectivity index (χ0) is 15.5. The lowest BCUT2D eigenvalue weighted by Gasteiger charge is -2.31. The van der Waals surface area contributed by atoms with Gasteiger partial charge in [-0.25, -0.2) is 4.98 Å². The van der Waals surface area contributed by atoms with Crippen LogP contribution in [0.2, 0.25) is 0 Å². The molecule has 3 heterocycles. The van der Waals surface area contributed by atoms with Crippen LogP contribution in [0.5, 0.6) is 0 Å². The van der Waals surface area contributed by atoms with Gasteiger partial charge in [0.05, 0.1) is 23.8 Å². The fourth-order valence-electron chi connectivity index (χ4n) is 3.06. The van der Waals surface area contributed by atoms with Crippen molar-refractivity contribution in [3.8, 4) is 11.3 Å². The van der Waals surface area contributed by atoms with Gasteiger partial charge in [-0.05, 0) is 32.1 Å². The number of piperidine rings is 1. The van der Waals surface area contributed by atoms with Crippen molar-refractivity contribution in [2.24, 2.45) is 5.92 Å². The monoisotopic (exact) mass is 299 g/mol. The van der Waals surface area contributed by atoms with Crippen molar-refractivity contribution in [2.75, 3.05) is 13.1 Å². The number of carbonyl (C=O) groups is 1. The van der Waals surface area contributed by atoms with E-state index in [1.54, 1.807) is 19.3 Å². The molecule has 116 valence electrons. The fraction of sp³-hybridized carbons (Fsp3) is 0.500. The van der Waals surface area contributed by atoms with Gasteiger partial charge in [0.25, 0.3) is 0 Å². The van der Waals surface area contributed by atoms with E-state index in [-0.39, 0.29) is 5.91 Å². The van der Waals surface area contributed by atoms with Gasteiger partial charge in [0.15, 0.2) is 0 Å². The van der Waals surface area contributed by atoms with Crippen LogP contribution in [0.4, 0.5) is 0 Å². The van der Waals surface area contributed by atoms with Crippen molar-refractivity contribution in [3.05, 3.63) is 30.0 Å².